The maximum Gasteiger partial charge on any atom is 0.247 e. The number of para-hydroxylation sites is 1. The van der Waals surface area contributed by atoms with E-state index >= 15 is 0 Å². The van der Waals surface area contributed by atoms with Crippen LogP contribution in [0.1, 0.15) is 12.5 Å². The zero-order chi connectivity index (χ0) is 16.6. The third kappa shape index (κ3) is 2.79. The van der Waals surface area contributed by atoms with Crippen LogP contribution < -0.4 is 10.2 Å². The minimum Gasteiger partial charge on any atom is -0.322 e. The molecular weight excluding hydrogens is 302 g/mol. The number of carbonyl (C=O) groups excluding carboxylic acids is 2. The highest BCUT2D eigenvalue weighted by atomic mass is 19.1. The Hall–Kier alpha value is -2.76. The number of anilines is 2. The lowest BCUT2D eigenvalue weighted by Crippen LogP contribution is -2.44. The van der Waals surface area contributed by atoms with Gasteiger partial charge in [0.05, 0.1) is 5.69 Å². The van der Waals surface area contributed by atoms with Gasteiger partial charge in [-0.2, -0.15) is 0 Å². The van der Waals surface area contributed by atoms with E-state index < -0.39 is 23.6 Å². The third-order valence-corrected chi connectivity index (χ3v) is 3.81. The Kier molecular flexibility index (Phi) is 3.82. The number of halogens is 2. The molecule has 0 aromatic heterocycles. The third-order valence-electron chi connectivity index (χ3n) is 3.81. The zero-order valence-electron chi connectivity index (χ0n) is 12.3. The first-order valence-electron chi connectivity index (χ1n) is 7.11. The summed E-state index contributed by atoms with van der Waals surface area (Å²) in [4.78, 5) is 25.8. The summed E-state index contributed by atoms with van der Waals surface area (Å²) in [5.74, 6) is -2.36. The van der Waals surface area contributed by atoms with Gasteiger partial charge in [0.25, 0.3) is 0 Å². The molecule has 118 valence electrons. The number of hydrogen-bond acceptors (Lipinski definition) is 2. The number of nitrogens with one attached hydrogen (secondary N) is 1. The molecule has 1 N–H and O–H groups in total. The van der Waals surface area contributed by atoms with Crippen LogP contribution in [0.15, 0.2) is 42.5 Å². The fourth-order valence-electron chi connectivity index (χ4n) is 2.79. The highest BCUT2D eigenvalue weighted by molar-refractivity contribution is 6.06. The van der Waals surface area contributed by atoms with Crippen molar-refractivity contribution in [3.63, 3.8) is 0 Å². The molecule has 6 heteroatoms. The van der Waals surface area contributed by atoms with E-state index in [1.54, 1.807) is 12.1 Å². The van der Waals surface area contributed by atoms with Gasteiger partial charge in [-0.1, -0.05) is 18.2 Å². The molecule has 2 aromatic rings. The van der Waals surface area contributed by atoms with Gasteiger partial charge in [-0.15, -0.1) is 0 Å². The summed E-state index contributed by atoms with van der Waals surface area (Å²) in [6, 6.07) is 9.38. The lowest BCUT2D eigenvalue weighted by atomic mass is 10.1. The minimum atomic E-state index is -0.858. The highest BCUT2D eigenvalue weighted by Crippen LogP contribution is 2.32. The van der Waals surface area contributed by atoms with E-state index in [9.17, 15) is 18.4 Å². The van der Waals surface area contributed by atoms with Gasteiger partial charge < -0.3 is 5.32 Å². The van der Waals surface area contributed by atoms with E-state index in [4.69, 9.17) is 0 Å². The normalized spacial score (nSPS) is 16.1. The van der Waals surface area contributed by atoms with Gasteiger partial charge in [-0.05, 0) is 23.8 Å². The monoisotopic (exact) mass is 316 g/mol. The number of rotatable bonds is 2. The van der Waals surface area contributed by atoms with Crippen LogP contribution in [0.4, 0.5) is 20.2 Å². The maximum absolute atomic E-state index is 13.7. The molecule has 2 aromatic carbocycles. The summed E-state index contributed by atoms with van der Waals surface area (Å²) < 4.78 is 26.6. The Labute approximate surface area is 131 Å². The molecule has 1 atom stereocenters. The van der Waals surface area contributed by atoms with Gasteiger partial charge in [0.15, 0.2) is 0 Å². The number of hydrogen-bond donors (Lipinski definition) is 1. The predicted octanol–water partition coefficient (Wildman–Crippen LogP) is 2.88. The van der Waals surface area contributed by atoms with E-state index in [-0.39, 0.29) is 11.6 Å². The van der Waals surface area contributed by atoms with Crippen LogP contribution in [-0.2, 0) is 16.0 Å². The Morgan fingerprint density at radius 2 is 1.91 bits per heavy atom. The van der Waals surface area contributed by atoms with Crippen LogP contribution in [0.3, 0.4) is 0 Å². The molecule has 0 fully saturated rings. The molecule has 4 nitrogen and oxygen atoms in total. The fourth-order valence-corrected chi connectivity index (χ4v) is 2.79. The zero-order valence-corrected chi connectivity index (χ0v) is 12.3. The van der Waals surface area contributed by atoms with Crippen LogP contribution in [0.5, 0.6) is 0 Å². The first-order valence-corrected chi connectivity index (χ1v) is 7.11. The lowest BCUT2D eigenvalue weighted by Gasteiger charge is -2.23. The Balaban J connectivity index is 1.86. The van der Waals surface area contributed by atoms with Crippen LogP contribution in [0, 0.1) is 11.6 Å². The number of carbonyl (C=O) groups is 2. The first-order chi connectivity index (χ1) is 11.0. The van der Waals surface area contributed by atoms with E-state index in [1.165, 1.54) is 11.8 Å². The largest absolute Gasteiger partial charge is 0.322 e. The minimum absolute atomic E-state index is 0.115. The first kappa shape index (κ1) is 15.1. The highest BCUT2D eigenvalue weighted by Gasteiger charge is 2.36. The van der Waals surface area contributed by atoms with Crippen molar-refractivity contribution in [1.82, 2.24) is 0 Å². The van der Waals surface area contributed by atoms with Crippen molar-refractivity contribution < 1.29 is 18.4 Å². The van der Waals surface area contributed by atoms with Crippen molar-refractivity contribution in [3.05, 3.63) is 59.7 Å². The number of benzene rings is 2. The number of amides is 2. The van der Waals surface area contributed by atoms with Gasteiger partial charge in [0, 0.05) is 25.1 Å². The Morgan fingerprint density at radius 3 is 2.61 bits per heavy atom. The van der Waals surface area contributed by atoms with E-state index in [2.05, 4.69) is 5.32 Å². The van der Waals surface area contributed by atoms with Crippen molar-refractivity contribution in [2.24, 2.45) is 0 Å². The van der Waals surface area contributed by atoms with Crippen molar-refractivity contribution in [2.45, 2.75) is 19.4 Å². The quantitative estimate of drug-likeness (QED) is 0.926. The molecule has 0 saturated carbocycles. The molecule has 0 saturated heterocycles. The van der Waals surface area contributed by atoms with Gasteiger partial charge in [0.1, 0.15) is 17.7 Å². The summed E-state index contributed by atoms with van der Waals surface area (Å²) in [5, 5.41) is 2.42. The molecule has 0 radical (unpaired) electrons. The molecule has 3 rings (SSSR count). The summed E-state index contributed by atoms with van der Waals surface area (Å²) in [5.41, 5.74) is 1.44. The van der Waals surface area contributed by atoms with Gasteiger partial charge in [-0.3, -0.25) is 14.5 Å². The standard InChI is InChI=1S/C17H14F2N2O2/c1-10(22)21-15-5-3-2-4-11(15)8-16(21)17(23)20-14-7-6-12(18)9-13(14)19/h2-7,9,16H,8H2,1H3,(H,20,23). The number of fused-ring (bicyclic) bond motifs is 1. The fraction of sp³-hybridized carbons (Fsp3) is 0.176. The van der Waals surface area contributed by atoms with E-state index in [0.717, 1.165) is 17.7 Å². The second kappa shape index (κ2) is 5.79. The molecule has 0 aliphatic carbocycles. The maximum atomic E-state index is 13.7. The molecule has 1 aliphatic rings. The molecule has 0 spiro atoms. The summed E-state index contributed by atoms with van der Waals surface area (Å²) in [7, 11) is 0. The Bertz CT molecular complexity index is 792. The number of nitrogens with zero attached hydrogens (tertiary/aromatic N) is 1. The van der Waals surface area contributed by atoms with Gasteiger partial charge in [-0.25, -0.2) is 8.78 Å². The van der Waals surface area contributed by atoms with Crippen LogP contribution in [0.2, 0.25) is 0 Å². The predicted molar refractivity (Wildman–Crippen MR) is 82.1 cm³/mol. The van der Waals surface area contributed by atoms with Crippen molar-refractivity contribution in [1.29, 1.82) is 0 Å². The molecule has 2 amide bonds. The van der Waals surface area contributed by atoms with Gasteiger partial charge in [0.2, 0.25) is 11.8 Å². The van der Waals surface area contributed by atoms with E-state index in [1.807, 2.05) is 12.1 Å². The average Bonchev–Trinajstić information content (AvgIpc) is 2.89. The second-order valence-electron chi connectivity index (χ2n) is 5.35. The van der Waals surface area contributed by atoms with Crippen molar-refractivity contribution in [3.8, 4) is 0 Å². The SMILES string of the molecule is CC(=O)N1c2ccccc2CC1C(=O)Nc1ccc(F)cc1F. The smallest absolute Gasteiger partial charge is 0.247 e. The summed E-state index contributed by atoms with van der Waals surface area (Å²) >= 11 is 0. The second-order valence-corrected chi connectivity index (χ2v) is 5.35. The topological polar surface area (TPSA) is 49.4 Å². The summed E-state index contributed by atoms with van der Waals surface area (Å²) in [6.07, 6.45) is 0.352. The molecular formula is C17H14F2N2O2. The average molecular weight is 316 g/mol. The van der Waals surface area contributed by atoms with Crippen molar-refractivity contribution in [2.75, 3.05) is 10.2 Å². The molecule has 23 heavy (non-hydrogen) atoms. The lowest BCUT2D eigenvalue weighted by molar-refractivity contribution is -0.122. The van der Waals surface area contributed by atoms with Crippen molar-refractivity contribution >= 4 is 23.2 Å². The Morgan fingerprint density at radius 1 is 1.17 bits per heavy atom. The molecule has 1 heterocycles. The van der Waals surface area contributed by atoms with Crippen LogP contribution >= 0.6 is 0 Å². The molecule has 1 aliphatic heterocycles. The van der Waals surface area contributed by atoms with E-state index in [0.29, 0.717) is 18.2 Å². The van der Waals surface area contributed by atoms with Gasteiger partial charge >= 0.3 is 0 Å². The van der Waals surface area contributed by atoms with Crippen LogP contribution in [-0.4, -0.2) is 17.9 Å². The molecule has 1 unspecified atom stereocenters. The molecule has 0 bridgehead atoms. The van der Waals surface area contributed by atoms with Crippen LogP contribution in [0.25, 0.3) is 0 Å². The summed E-state index contributed by atoms with van der Waals surface area (Å²) in [6.45, 7) is 1.38.